The van der Waals surface area contributed by atoms with Crippen LogP contribution in [0.5, 0.6) is 0 Å². The molecule has 3 aliphatic rings. The largest absolute Gasteiger partial charge is 0.383 e. The number of halogens is 2. The van der Waals surface area contributed by atoms with Crippen LogP contribution in [-0.4, -0.2) is 41.2 Å². The normalized spacial score (nSPS) is 26.1. The number of carbonyl (C=O) groups excluding carboxylic acids is 2. The van der Waals surface area contributed by atoms with E-state index >= 15 is 0 Å². The van der Waals surface area contributed by atoms with Crippen LogP contribution < -0.4 is 21.7 Å². The fraction of sp³-hybridized carbons (Fsp3) is 0.577. The number of aryl methyl sites for hydroxylation is 1. The van der Waals surface area contributed by atoms with E-state index in [0.29, 0.717) is 34.8 Å². The van der Waals surface area contributed by atoms with Gasteiger partial charge in [0.1, 0.15) is 17.2 Å². The number of nitrogens with zero attached hydrogens (tertiary/aromatic N) is 2. The molecule has 2 aliphatic carbocycles. The molecule has 10 heteroatoms. The Balaban J connectivity index is 1.20. The van der Waals surface area contributed by atoms with E-state index in [1.807, 2.05) is 0 Å². The first kappa shape index (κ1) is 25.0. The Labute approximate surface area is 215 Å². The van der Waals surface area contributed by atoms with Gasteiger partial charge < -0.3 is 21.7 Å². The minimum absolute atomic E-state index is 0.0581. The van der Waals surface area contributed by atoms with Crippen molar-refractivity contribution in [3.05, 3.63) is 40.3 Å². The molecule has 2 unspecified atom stereocenters. The second-order valence-corrected chi connectivity index (χ2v) is 11.1. The molecule has 194 valence electrons. The summed E-state index contributed by atoms with van der Waals surface area (Å²) in [5.74, 6) is 1.53. The Bertz CT molecular complexity index is 1130. The van der Waals surface area contributed by atoms with E-state index in [4.69, 9.17) is 17.3 Å². The summed E-state index contributed by atoms with van der Waals surface area (Å²) in [7, 11) is 1.74. The number of nitrogens with one attached hydrogen (secondary N) is 3. The third kappa shape index (κ3) is 5.09. The lowest BCUT2D eigenvalue weighted by Gasteiger charge is -2.23. The van der Waals surface area contributed by atoms with Gasteiger partial charge in [-0.05, 0) is 87.6 Å². The van der Waals surface area contributed by atoms with Gasteiger partial charge >= 0.3 is 0 Å². The average molecular weight is 517 g/mol. The number of carbonyl (C=O) groups is 2. The van der Waals surface area contributed by atoms with Crippen LogP contribution in [0.3, 0.4) is 0 Å². The van der Waals surface area contributed by atoms with E-state index in [9.17, 15) is 14.0 Å². The standard InChI is InChI=1S/C26H34ClFN6O2/c1-34-24(29)22(26(36)32-19-2-3-21(28)20(27)12-19)23(33-34)18-10-16-8-14(9-17(16)11-18)13-31-25(35)15-4-6-30-7-5-15/h2-3,12,14-18,30H,4-11,13,29H2,1H3,(H,31,35)(H,32,36). The van der Waals surface area contributed by atoms with Gasteiger partial charge in [-0.2, -0.15) is 5.10 Å². The lowest BCUT2D eigenvalue weighted by atomic mass is 9.93. The zero-order chi connectivity index (χ0) is 25.4. The molecule has 8 nitrogen and oxygen atoms in total. The quantitative estimate of drug-likeness (QED) is 0.467. The summed E-state index contributed by atoms with van der Waals surface area (Å²) in [5.41, 5.74) is 7.77. The summed E-state index contributed by atoms with van der Waals surface area (Å²) < 4.78 is 15.1. The Morgan fingerprint density at radius 3 is 2.56 bits per heavy atom. The second-order valence-electron chi connectivity index (χ2n) is 10.6. The van der Waals surface area contributed by atoms with E-state index in [-0.39, 0.29) is 28.7 Å². The van der Waals surface area contributed by atoms with Gasteiger partial charge in [-0.25, -0.2) is 4.39 Å². The molecule has 1 saturated heterocycles. The SMILES string of the molecule is Cn1nc(C2CC3CC(CNC(=O)C4CCNCC4)CC3C2)c(C(=O)Nc2ccc(F)c(Cl)c2)c1N. The van der Waals surface area contributed by atoms with Crippen molar-refractivity contribution in [1.29, 1.82) is 0 Å². The Morgan fingerprint density at radius 2 is 1.89 bits per heavy atom. The topological polar surface area (TPSA) is 114 Å². The van der Waals surface area contributed by atoms with E-state index in [1.54, 1.807) is 11.7 Å². The average Bonchev–Trinajstić information content (AvgIpc) is 3.52. The van der Waals surface area contributed by atoms with Gasteiger partial charge in [0.05, 0.1) is 10.7 Å². The number of piperidine rings is 1. The first-order valence-corrected chi connectivity index (χ1v) is 13.2. The van der Waals surface area contributed by atoms with Gasteiger partial charge in [0.25, 0.3) is 5.91 Å². The highest BCUT2D eigenvalue weighted by molar-refractivity contribution is 6.31. The van der Waals surface area contributed by atoms with Gasteiger partial charge in [-0.15, -0.1) is 0 Å². The summed E-state index contributed by atoms with van der Waals surface area (Å²) in [4.78, 5) is 25.7. The minimum Gasteiger partial charge on any atom is -0.383 e. The molecular weight excluding hydrogens is 483 g/mol. The van der Waals surface area contributed by atoms with Crippen molar-refractivity contribution in [1.82, 2.24) is 20.4 Å². The molecule has 1 aromatic carbocycles. The number of fused-ring (bicyclic) bond motifs is 1. The number of hydrogen-bond donors (Lipinski definition) is 4. The van der Waals surface area contributed by atoms with Gasteiger partial charge in [-0.1, -0.05) is 11.6 Å². The molecule has 2 atom stereocenters. The number of aromatic nitrogens is 2. The number of nitrogens with two attached hydrogens (primary N) is 1. The molecule has 36 heavy (non-hydrogen) atoms. The van der Waals surface area contributed by atoms with Crippen molar-refractivity contribution in [3.8, 4) is 0 Å². The first-order valence-electron chi connectivity index (χ1n) is 12.9. The molecule has 3 fully saturated rings. The van der Waals surface area contributed by atoms with Gasteiger partial charge in [0, 0.05) is 31.1 Å². The van der Waals surface area contributed by atoms with Gasteiger partial charge in [0.2, 0.25) is 5.91 Å². The van der Waals surface area contributed by atoms with Crippen LogP contribution in [0.1, 0.15) is 60.5 Å². The number of nitrogen functional groups attached to an aromatic ring is 1. The summed E-state index contributed by atoms with van der Waals surface area (Å²) >= 11 is 5.87. The third-order valence-electron chi connectivity index (χ3n) is 8.30. The van der Waals surface area contributed by atoms with Gasteiger partial charge in [0.15, 0.2) is 0 Å². The molecule has 2 amide bonds. The van der Waals surface area contributed by atoms with Gasteiger partial charge in [-0.3, -0.25) is 14.3 Å². The summed E-state index contributed by atoms with van der Waals surface area (Å²) in [6, 6.07) is 4.06. The highest BCUT2D eigenvalue weighted by atomic mass is 35.5. The van der Waals surface area contributed by atoms with Crippen LogP contribution in [-0.2, 0) is 11.8 Å². The van der Waals surface area contributed by atoms with Crippen molar-refractivity contribution < 1.29 is 14.0 Å². The highest BCUT2D eigenvalue weighted by Gasteiger charge is 2.44. The van der Waals surface area contributed by atoms with Crippen molar-refractivity contribution in [2.45, 2.75) is 44.4 Å². The molecule has 2 saturated carbocycles. The summed E-state index contributed by atoms with van der Waals surface area (Å²) in [6.07, 6.45) is 5.93. The van der Waals surface area contributed by atoms with Crippen LogP contribution in [0.15, 0.2) is 18.2 Å². The number of amides is 2. The van der Waals surface area contributed by atoms with Crippen LogP contribution in [0.2, 0.25) is 5.02 Å². The van der Waals surface area contributed by atoms with E-state index in [2.05, 4.69) is 21.0 Å². The molecule has 2 aromatic rings. The summed E-state index contributed by atoms with van der Waals surface area (Å²) in [5, 5.41) is 13.9. The maximum Gasteiger partial charge on any atom is 0.261 e. The molecule has 1 aliphatic heterocycles. The fourth-order valence-electron chi connectivity index (χ4n) is 6.45. The molecule has 5 rings (SSSR count). The lowest BCUT2D eigenvalue weighted by molar-refractivity contribution is -0.125. The van der Waals surface area contributed by atoms with Crippen LogP contribution in [0.25, 0.3) is 0 Å². The van der Waals surface area contributed by atoms with E-state index in [0.717, 1.165) is 63.9 Å². The maximum absolute atomic E-state index is 13.5. The zero-order valence-corrected chi connectivity index (χ0v) is 21.3. The molecular formula is C26H34ClFN6O2. The zero-order valence-electron chi connectivity index (χ0n) is 20.5. The molecule has 0 radical (unpaired) electrons. The molecule has 2 heterocycles. The number of hydrogen-bond acceptors (Lipinski definition) is 5. The minimum atomic E-state index is -0.544. The molecule has 5 N–H and O–H groups in total. The number of rotatable bonds is 6. The Hall–Kier alpha value is -2.65. The highest BCUT2D eigenvalue weighted by Crippen LogP contribution is 2.52. The van der Waals surface area contributed by atoms with Crippen molar-refractivity contribution in [2.75, 3.05) is 30.7 Å². The van der Waals surface area contributed by atoms with Crippen LogP contribution in [0, 0.1) is 29.5 Å². The molecule has 0 spiro atoms. The summed E-state index contributed by atoms with van der Waals surface area (Å²) in [6.45, 7) is 2.59. The Kier molecular flexibility index (Phi) is 7.21. The molecule has 0 bridgehead atoms. The van der Waals surface area contributed by atoms with Crippen molar-refractivity contribution >= 4 is 34.9 Å². The first-order chi connectivity index (χ1) is 17.3. The van der Waals surface area contributed by atoms with E-state index < -0.39 is 5.82 Å². The monoisotopic (exact) mass is 516 g/mol. The third-order valence-corrected chi connectivity index (χ3v) is 8.59. The molecule has 1 aromatic heterocycles. The van der Waals surface area contributed by atoms with Crippen molar-refractivity contribution in [3.63, 3.8) is 0 Å². The predicted octanol–water partition coefficient (Wildman–Crippen LogP) is 3.68. The number of anilines is 2. The predicted molar refractivity (Wildman–Crippen MR) is 137 cm³/mol. The number of benzene rings is 1. The van der Waals surface area contributed by atoms with Crippen LogP contribution in [0.4, 0.5) is 15.9 Å². The maximum atomic E-state index is 13.5. The van der Waals surface area contributed by atoms with Crippen molar-refractivity contribution in [2.24, 2.45) is 30.7 Å². The smallest absolute Gasteiger partial charge is 0.261 e. The van der Waals surface area contributed by atoms with E-state index in [1.165, 1.54) is 18.2 Å². The Morgan fingerprint density at radius 1 is 1.19 bits per heavy atom. The second kappa shape index (κ2) is 10.4. The fourth-order valence-corrected chi connectivity index (χ4v) is 6.63. The lowest BCUT2D eigenvalue weighted by Crippen LogP contribution is -2.39. The van der Waals surface area contributed by atoms with Crippen LogP contribution >= 0.6 is 11.6 Å².